The number of carbonyl (C=O) groups excluding carboxylic acids is 2. The minimum absolute atomic E-state index is 0.322. The van der Waals surface area contributed by atoms with Gasteiger partial charge in [0.1, 0.15) is 0 Å². The molecule has 0 atom stereocenters. The molecule has 126 valence electrons. The highest BCUT2D eigenvalue weighted by atomic mass is 16.5. The van der Waals surface area contributed by atoms with Gasteiger partial charge in [-0.15, -0.1) is 0 Å². The number of esters is 2. The third-order valence-electron chi connectivity index (χ3n) is 3.25. The van der Waals surface area contributed by atoms with Crippen molar-refractivity contribution in [3.8, 4) is 0 Å². The third kappa shape index (κ3) is 8.04. The highest BCUT2D eigenvalue weighted by Gasteiger charge is 2.06. The lowest BCUT2D eigenvalue weighted by Crippen LogP contribution is -2.07. The summed E-state index contributed by atoms with van der Waals surface area (Å²) in [7, 11) is 0. The fourth-order valence-corrected chi connectivity index (χ4v) is 1.89. The van der Waals surface area contributed by atoms with Gasteiger partial charge >= 0.3 is 11.9 Å². The lowest BCUT2D eigenvalue weighted by molar-refractivity contribution is -0.139. The van der Waals surface area contributed by atoms with Gasteiger partial charge in [0, 0.05) is 11.3 Å². The van der Waals surface area contributed by atoms with Gasteiger partial charge in [0.2, 0.25) is 0 Å². The van der Waals surface area contributed by atoms with Crippen molar-refractivity contribution in [1.82, 2.24) is 0 Å². The number of anilines is 1. The van der Waals surface area contributed by atoms with Crippen molar-refractivity contribution in [2.75, 3.05) is 18.9 Å². The Bertz CT molecular complexity index is 522. The van der Waals surface area contributed by atoms with E-state index in [-0.39, 0.29) is 11.9 Å². The number of hydrogen-bond donors (Lipinski definition) is 1. The molecule has 0 bridgehead atoms. The van der Waals surface area contributed by atoms with E-state index >= 15 is 0 Å². The van der Waals surface area contributed by atoms with Crippen LogP contribution in [0.1, 0.15) is 49.4 Å². The highest BCUT2D eigenvalue weighted by molar-refractivity contribution is 5.89. The van der Waals surface area contributed by atoms with Crippen molar-refractivity contribution >= 4 is 17.6 Å². The Kier molecular flexibility index (Phi) is 8.50. The van der Waals surface area contributed by atoms with Gasteiger partial charge in [-0.25, -0.2) is 9.59 Å². The Labute approximate surface area is 137 Å². The van der Waals surface area contributed by atoms with Gasteiger partial charge < -0.3 is 15.2 Å². The molecule has 0 aliphatic heterocycles. The summed E-state index contributed by atoms with van der Waals surface area (Å²) in [6.07, 6.45) is 4.64. The fourth-order valence-electron chi connectivity index (χ4n) is 1.89. The van der Waals surface area contributed by atoms with Crippen LogP contribution in [-0.2, 0) is 14.3 Å². The molecule has 0 saturated heterocycles. The number of benzene rings is 1. The topological polar surface area (TPSA) is 78.6 Å². The maximum absolute atomic E-state index is 11.7. The average Bonchev–Trinajstić information content (AvgIpc) is 2.53. The predicted octanol–water partition coefficient (Wildman–Crippen LogP) is 3.50. The Balaban J connectivity index is 1.99. The van der Waals surface area contributed by atoms with Gasteiger partial charge in [0.25, 0.3) is 0 Å². The van der Waals surface area contributed by atoms with E-state index in [4.69, 9.17) is 15.2 Å². The zero-order chi connectivity index (χ0) is 17.1. The first kappa shape index (κ1) is 18.7. The Morgan fingerprint density at radius 3 is 2.04 bits per heavy atom. The maximum Gasteiger partial charge on any atom is 0.338 e. The summed E-state index contributed by atoms with van der Waals surface area (Å²) >= 11 is 0. The molecule has 0 aromatic heterocycles. The van der Waals surface area contributed by atoms with Crippen LogP contribution in [0.25, 0.3) is 0 Å². The average molecular weight is 319 g/mol. The molecule has 0 radical (unpaired) electrons. The number of rotatable bonds is 10. The number of nitrogens with two attached hydrogens (primary N) is 1. The predicted molar refractivity (Wildman–Crippen MR) is 90.0 cm³/mol. The number of unbranched alkanes of at least 4 members (excludes halogenated alkanes) is 4. The molecule has 2 N–H and O–H groups in total. The van der Waals surface area contributed by atoms with E-state index < -0.39 is 0 Å². The van der Waals surface area contributed by atoms with Crippen LogP contribution in [0.2, 0.25) is 0 Å². The first-order valence-electron chi connectivity index (χ1n) is 7.86. The number of nitrogen functional groups attached to an aromatic ring is 1. The van der Waals surface area contributed by atoms with E-state index in [9.17, 15) is 9.59 Å². The first-order chi connectivity index (χ1) is 11.0. The third-order valence-corrected chi connectivity index (χ3v) is 3.25. The quantitative estimate of drug-likeness (QED) is 0.309. The molecule has 1 rings (SSSR count). The molecule has 0 heterocycles. The van der Waals surface area contributed by atoms with Crippen molar-refractivity contribution < 1.29 is 19.1 Å². The van der Waals surface area contributed by atoms with Crippen LogP contribution >= 0.6 is 0 Å². The molecule has 5 nitrogen and oxygen atoms in total. The van der Waals surface area contributed by atoms with Crippen molar-refractivity contribution in [1.29, 1.82) is 0 Å². The van der Waals surface area contributed by atoms with E-state index in [2.05, 4.69) is 6.58 Å². The number of carbonyl (C=O) groups is 2. The van der Waals surface area contributed by atoms with Gasteiger partial charge in [-0.3, -0.25) is 0 Å². The van der Waals surface area contributed by atoms with Crippen LogP contribution in [0.3, 0.4) is 0 Å². The molecule has 0 spiro atoms. The molecule has 0 aliphatic rings. The van der Waals surface area contributed by atoms with Gasteiger partial charge in [0.05, 0.1) is 18.8 Å². The maximum atomic E-state index is 11.7. The molecule has 0 amide bonds. The zero-order valence-electron chi connectivity index (χ0n) is 13.7. The second kappa shape index (κ2) is 10.4. The lowest BCUT2D eigenvalue weighted by atomic mass is 10.1. The van der Waals surface area contributed by atoms with Crippen LogP contribution in [0.5, 0.6) is 0 Å². The summed E-state index contributed by atoms with van der Waals surface area (Å²) in [4.78, 5) is 22.9. The molecular formula is C18H25NO4. The summed E-state index contributed by atoms with van der Waals surface area (Å²) in [5.41, 5.74) is 7.12. The fraction of sp³-hybridized carbons (Fsp3) is 0.444. The van der Waals surface area contributed by atoms with Crippen LogP contribution < -0.4 is 5.73 Å². The second-order valence-electron chi connectivity index (χ2n) is 5.44. The Morgan fingerprint density at radius 1 is 0.957 bits per heavy atom. The van der Waals surface area contributed by atoms with E-state index in [0.29, 0.717) is 30.0 Å². The molecule has 5 heteroatoms. The smallest absolute Gasteiger partial charge is 0.338 e. The largest absolute Gasteiger partial charge is 0.462 e. The first-order valence-corrected chi connectivity index (χ1v) is 7.86. The lowest BCUT2D eigenvalue weighted by Gasteiger charge is -2.06. The van der Waals surface area contributed by atoms with Gasteiger partial charge in [-0.05, 0) is 44.0 Å². The number of hydrogen-bond acceptors (Lipinski definition) is 5. The zero-order valence-corrected chi connectivity index (χ0v) is 13.7. The molecule has 1 aromatic carbocycles. The summed E-state index contributed by atoms with van der Waals surface area (Å²) in [6, 6.07) is 6.67. The highest BCUT2D eigenvalue weighted by Crippen LogP contribution is 2.08. The molecule has 0 fully saturated rings. The Morgan fingerprint density at radius 2 is 1.48 bits per heavy atom. The van der Waals surface area contributed by atoms with E-state index in [0.717, 1.165) is 32.1 Å². The van der Waals surface area contributed by atoms with Crippen LogP contribution in [-0.4, -0.2) is 25.2 Å². The second-order valence-corrected chi connectivity index (χ2v) is 5.44. The minimum Gasteiger partial charge on any atom is -0.462 e. The molecule has 0 saturated carbocycles. The summed E-state index contributed by atoms with van der Waals surface area (Å²) in [5.74, 6) is -0.656. The van der Waals surface area contributed by atoms with Crippen LogP contribution in [0.15, 0.2) is 36.4 Å². The number of ether oxygens (including phenoxy) is 2. The van der Waals surface area contributed by atoms with Gasteiger partial charge in [-0.1, -0.05) is 25.8 Å². The van der Waals surface area contributed by atoms with Gasteiger partial charge in [-0.2, -0.15) is 0 Å². The van der Waals surface area contributed by atoms with E-state index in [1.807, 2.05) is 0 Å². The van der Waals surface area contributed by atoms with Crippen molar-refractivity contribution in [2.45, 2.75) is 39.0 Å². The molecule has 23 heavy (non-hydrogen) atoms. The van der Waals surface area contributed by atoms with Crippen molar-refractivity contribution in [3.05, 3.63) is 42.0 Å². The molecular weight excluding hydrogens is 294 g/mol. The Hall–Kier alpha value is -2.30. The SMILES string of the molecule is C=C(C)C(=O)OCCCCCCCOC(=O)c1ccc(N)cc1. The molecule has 0 unspecified atom stereocenters. The summed E-state index contributed by atoms with van der Waals surface area (Å²) in [5, 5.41) is 0. The standard InChI is InChI=1S/C18H25NO4/c1-14(2)17(20)22-12-6-4-3-5-7-13-23-18(21)15-8-10-16(19)11-9-15/h8-11H,1,3-7,12-13,19H2,2H3. The van der Waals surface area contributed by atoms with Crippen LogP contribution in [0.4, 0.5) is 5.69 Å². The summed E-state index contributed by atoms with van der Waals surface area (Å²) in [6.45, 7) is 5.99. The normalized spacial score (nSPS) is 10.1. The van der Waals surface area contributed by atoms with Crippen molar-refractivity contribution in [2.24, 2.45) is 0 Å². The van der Waals surface area contributed by atoms with E-state index in [1.165, 1.54) is 0 Å². The summed E-state index contributed by atoms with van der Waals surface area (Å²) < 4.78 is 10.2. The van der Waals surface area contributed by atoms with Crippen LogP contribution in [0, 0.1) is 0 Å². The minimum atomic E-state index is -0.334. The molecule has 1 aromatic rings. The van der Waals surface area contributed by atoms with E-state index in [1.54, 1.807) is 31.2 Å². The molecule has 0 aliphatic carbocycles. The van der Waals surface area contributed by atoms with Gasteiger partial charge in [0.15, 0.2) is 0 Å². The monoisotopic (exact) mass is 319 g/mol. The van der Waals surface area contributed by atoms with Crippen molar-refractivity contribution in [3.63, 3.8) is 0 Å².